The van der Waals surface area contributed by atoms with Gasteiger partial charge in [0.25, 0.3) is 0 Å². The molecule has 0 nitrogen and oxygen atoms in total. The zero-order chi connectivity index (χ0) is 3.41. The van der Waals surface area contributed by atoms with Gasteiger partial charge in [-0.25, -0.2) is 0 Å². The molecule has 0 aromatic rings. The predicted molar refractivity (Wildman–Crippen MR) is 22.5 cm³/mol. The van der Waals surface area contributed by atoms with E-state index in [-0.39, 0.29) is 22.4 Å². The molecule has 0 unspecified atom stereocenters. The average molecular weight is 183 g/mol. The van der Waals surface area contributed by atoms with E-state index in [0.717, 1.165) is 12.2 Å². The van der Waals surface area contributed by atoms with E-state index in [4.69, 9.17) is 0 Å². The molecule has 0 bridgehead atoms. The molecular weight excluding hydrogens is 176 g/mol. The third-order valence-corrected chi connectivity index (χ3v) is 0.612. The summed E-state index contributed by atoms with van der Waals surface area (Å²) in [6.07, 6.45) is 1.13. The number of rotatable bonds is 1. The van der Waals surface area contributed by atoms with Crippen molar-refractivity contribution >= 4 is 12.6 Å². The van der Waals surface area contributed by atoms with Crippen LogP contribution in [0.5, 0.6) is 0 Å². The fourth-order valence-electron chi connectivity index (χ4n) is 0. The molecule has 0 fully saturated rings. The Hall–Kier alpha value is 1.09. The van der Waals surface area contributed by atoms with Crippen LogP contribution in [0.4, 0.5) is 0 Å². The zero-order valence-electron chi connectivity index (χ0n) is 3.12. The largest absolute Gasteiger partial charge is 1.00 e. The van der Waals surface area contributed by atoms with Crippen LogP contribution in [0, 0.1) is 0 Å². The van der Waals surface area contributed by atoms with Crippen molar-refractivity contribution in [1.82, 2.24) is 0 Å². The van der Waals surface area contributed by atoms with Crippen LogP contribution < -0.4 is 0 Å². The molecule has 0 atom stereocenters. The van der Waals surface area contributed by atoms with Gasteiger partial charge >= 0.3 is 22.4 Å². The van der Waals surface area contributed by atoms with E-state index < -0.39 is 0 Å². The van der Waals surface area contributed by atoms with Gasteiger partial charge in [0.05, 0.1) is 0 Å². The number of hydrogen-bond acceptors (Lipinski definition) is 1. The van der Waals surface area contributed by atoms with Crippen molar-refractivity contribution in [2.24, 2.45) is 0 Å². The molecule has 36 valence electrons. The van der Waals surface area contributed by atoms with Crippen molar-refractivity contribution in [3.05, 3.63) is 0 Å². The van der Waals surface area contributed by atoms with E-state index in [9.17, 15) is 0 Å². The third-order valence-electron chi connectivity index (χ3n) is 0.204. The van der Waals surface area contributed by atoms with E-state index in [0.29, 0.717) is 0 Å². The topological polar surface area (TPSA) is 0 Å². The summed E-state index contributed by atoms with van der Waals surface area (Å²) in [6, 6.07) is 0. The van der Waals surface area contributed by atoms with Crippen LogP contribution in [-0.2, 0) is 35.0 Å². The first-order chi connectivity index (χ1) is 1.91. The van der Waals surface area contributed by atoms with Gasteiger partial charge in [0.1, 0.15) is 0 Å². The Balaban J connectivity index is 0. The van der Waals surface area contributed by atoms with E-state index in [1.807, 2.05) is 0 Å². The van der Waals surface area contributed by atoms with E-state index >= 15 is 0 Å². The summed E-state index contributed by atoms with van der Waals surface area (Å²) in [5.41, 5.74) is 0. The first-order valence-corrected chi connectivity index (χ1v) is 2.07. The van der Waals surface area contributed by atoms with Gasteiger partial charge in [0, 0.05) is 0 Å². The smallest absolute Gasteiger partial charge is 0.793 e. The summed E-state index contributed by atoms with van der Waals surface area (Å²) < 4.78 is 0. The molecule has 0 aliphatic carbocycles. The average Bonchev–Trinajstić information content (AvgIpc) is 1.37. The Labute approximate surface area is 54.3 Å². The minimum atomic E-state index is 0. The summed E-state index contributed by atoms with van der Waals surface area (Å²) >= 11 is 4.55. The van der Waals surface area contributed by atoms with Crippen LogP contribution >= 0.6 is 0 Å². The van der Waals surface area contributed by atoms with Gasteiger partial charge in [-0.05, 0) is 0 Å². The van der Waals surface area contributed by atoms with Crippen LogP contribution in [0.2, 0.25) is 0 Å². The minimum absolute atomic E-state index is 0. The summed E-state index contributed by atoms with van der Waals surface area (Å²) in [6.45, 7) is 2.08. The van der Waals surface area contributed by atoms with Crippen molar-refractivity contribution in [2.45, 2.75) is 13.3 Å². The maximum atomic E-state index is 4.55. The Kier molecular flexibility index (Phi) is 16.8. The maximum absolute atomic E-state index is 4.55. The molecule has 2 heteroatoms. The summed E-state index contributed by atoms with van der Waals surface area (Å²) in [4.78, 5) is 0. The monoisotopic (exact) mass is 182 g/mol. The van der Waals surface area contributed by atoms with E-state index in [1.54, 1.807) is 0 Å². The molecule has 0 amide bonds. The van der Waals surface area contributed by atoms with Gasteiger partial charge < -0.3 is 12.6 Å². The first-order valence-electron chi connectivity index (χ1n) is 1.50. The zero-order valence-corrected chi connectivity index (χ0v) is 5.42. The molecule has 0 aliphatic heterocycles. The molecular formula is C3H7AgS. The van der Waals surface area contributed by atoms with Gasteiger partial charge in [-0.1, -0.05) is 13.3 Å². The second-order valence-corrected chi connectivity index (χ2v) is 1.11. The standard InChI is InChI=1S/C3H8S.Ag/c1-2-3-4;/h4H,2-3H2,1H3;/q;+1/p-1. The molecule has 0 aliphatic rings. The molecule has 0 N–H and O–H groups in total. The molecule has 0 radical (unpaired) electrons. The van der Waals surface area contributed by atoms with Gasteiger partial charge in [0.2, 0.25) is 0 Å². The normalized spacial score (nSPS) is 6.00. The second-order valence-electron chi connectivity index (χ2n) is 0.704. The van der Waals surface area contributed by atoms with Crippen molar-refractivity contribution in [1.29, 1.82) is 0 Å². The van der Waals surface area contributed by atoms with Gasteiger partial charge in [-0.15, -0.1) is 0 Å². The summed E-state index contributed by atoms with van der Waals surface area (Å²) in [5, 5.41) is 0. The Morgan fingerprint density at radius 2 is 1.80 bits per heavy atom. The van der Waals surface area contributed by atoms with E-state index in [2.05, 4.69) is 19.6 Å². The Morgan fingerprint density at radius 3 is 1.80 bits per heavy atom. The van der Waals surface area contributed by atoms with Crippen molar-refractivity contribution in [3.8, 4) is 0 Å². The maximum Gasteiger partial charge on any atom is 1.00 e. The molecule has 0 saturated heterocycles. The van der Waals surface area contributed by atoms with Crippen molar-refractivity contribution in [3.63, 3.8) is 0 Å². The molecule has 0 rings (SSSR count). The van der Waals surface area contributed by atoms with Crippen molar-refractivity contribution < 1.29 is 22.4 Å². The van der Waals surface area contributed by atoms with E-state index in [1.165, 1.54) is 0 Å². The van der Waals surface area contributed by atoms with Crippen molar-refractivity contribution in [2.75, 3.05) is 5.75 Å². The molecule has 0 heterocycles. The first kappa shape index (κ1) is 9.43. The molecule has 0 saturated carbocycles. The molecule has 5 heavy (non-hydrogen) atoms. The second kappa shape index (κ2) is 8.92. The van der Waals surface area contributed by atoms with Crippen LogP contribution in [0.25, 0.3) is 0 Å². The third kappa shape index (κ3) is 11.1. The SMILES string of the molecule is CCC[S-].[Ag+]. The number of hydrogen-bond donors (Lipinski definition) is 0. The molecule has 0 aromatic carbocycles. The summed E-state index contributed by atoms with van der Waals surface area (Å²) in [5.74, 6) is 0.903. The van der Waals surface area contributed by atoms with Gasteiger partial charge in [0.15, 0.2) is 0 Å². The molecule has 0 spiro atoms. The van der Waals surface area contributed by atoms with Crippen LogP contribution in [0.15, 0.2) is 0 Å². The minimum Gasteiger partial charge on any atom is -0.793 e. The fourth-order valence-corrected chi connectivity index (χ4v) is 0. The Bertz CT molecular complexity index is 8.85. The van der Waals surface area contributed by atoms with Gasteiger partial charge in [-0.3, -0.25) is 0 Å². The van der Waals surface area contributed by atoms with Crippen LogP contribution in [0.1, 0.15) is 13.3 Å². The summed E-state index contributed by atoms with van der Waals surface area (Å²) in [7, 11) is 0. The predicted octanol–water partition coefficient (Wildman–Crippen LogP) is 0.941. The Morgan fingerprint density at radius 1 is 1.60 bits per heavy atom. The van der Waals surface area contributed by atoms with Crippen LogP contribution in [0.3, 0.4) is 0 Å². The van der Waals surface area contributed by atoms with Crippen LogP contribution in [-0.4, -0.2) is 5.75 Å². The fraction of sp³-hybridized carbons (Fsp3) is 1.00. The molecule has 0 aromatic heterocycles. The quantitative estimate of drug-likeness (QED) is 0.430. The van der Waals surface area contributed by atoms with Gasteiger partial charge in [-0.2, -0.15) is 5.75 Å².